The van der Waals surface area contributed by atoms with E-state index in [1.165, 1.54) is 20.6 Å². The Morgan fingerprint density at radius 3 is 2.30 bits per heavy atom. The lowest BCUT2D eigenvalue weighted by atomic mass is 9.70. The van der Waals surface area contributed by atoms with Gasteiger partial charge in [0.15, 0.2) is 5.92 Å². The second-order valence-electron chi connectivity index (χ2n) is 7.10. The smallest absolute Gasteiger partial charge is 0.320 e. The lowest BCUT2D eigenvalue weighted by molar-refractivity contribution is -0.161. The van der Waals surface area contributed by atoms with E-state index < -0.39 is 17.9 Å². The van der Waals surface area contributed by atoms with E-state index in [2.05, 4.69) is 4.98 Å². The zero-order chi connectivity index (χ0) is 19.4. The first kappa shape index (κ1) is 19.3. The van der Waals surface area contributed by atoms with Crippen molar-refractivity contribution in [1.82, 2.24) is 4.98 Å². The topological polar surface area (TPSA) is 77.6 Å². The number of methoxy groups -OCH3 is 3. The predicted molar refractivity (Wildman–Crippen MR) is 102 cm³/mol. The highest BCUT2D eigenvalue weighted by Gasteiger charge is 2.43. The van der Waals surface area contributed by atoms with E-state index in [0.29, 0.717) is 0 Å². The van der Waals surface area contributed by atoms with E-state index >= 15 is 0 Å². The summed E-state index contributed by atoms with van der Waals surface area (Å²) >= 11 is 0. The van der Waals surface area contributed by atoms with Gasteiger partial charge in [0.2, 0.25) is 0 Å². The van der Waals surface area contributed by atoms with Crippen LogP contribution in [-0.4, -0.2) is 38.3 Å². The minimum atomic E-state index is -0.978. The molecule has 6 heteroatoms. The molecule has 1 heterocycles. The molecule has 0 saturated heterocycles. The van der Waals surface area contributed by atoms with Crippen LogP contribution in [0.15, 0.2) is 24.4 Å². The third-order valence-electron chi connectivity index (χ3n) is 5.71. The zero-order valence-corrected chi connectivity index (χ0v) is 16.1. The molecule has 1 aliphatic carbocycles. The van der Waals surface area contributed by atoms with Crippen LogP contribution in [0.3, 0.4) is 0 Å². The first-order valence-electron chi connectivity index (χ1n) is 9.41. The minimum Gasteiger partial charge on any atom is -0.497 e. The summed E-state index contributed by atoms with van der Waals surface area (Å²) in [5.41, 5.74) is 1.89. The fourth-order valence-corrected chi connectivity index (χ4v) is 4.37. The Bertz CT molecular complexity index is 790. The van der Waals surface area contributed by atoms with Crippen LogP contribution in [0, 0.1) is 11.8 Å². The number of hydrogen-bond acceptors (Lipinski definition) is 5. The maximum atomic E-state index is 12.6. The molecule has 0 amide bonds. The molecule has 3 rings (SSSR count). The number of rotatable bonds is 6. The highest BCUT2D eigenvalue weighted by atomic mass is 16.5. The lowest BCUT2D eigenvalue weighted by Gasteiger charge is -2.33. The Balaban J connectivity index is 2.14. The van der Waals surface area contributed by atoms with Crippen molar-refractivity contribution in [3.05, 3.63) is 30.0 Å². The van der Waals surface area contributed by atoms with Crippen molar-refractivity contribution in [2.75, 3.05) is 21.3 Å². The molecule has 1 N–H and O–H groups in total. The molecule has 1 aromatic carbocycles. The Morgan fingerprint density at radius 2 is 1.70 bits per heavy atom. The summed E-state index contributed by atoms with van der Waals surface area (Å²) in [6, 6.07) is 5.78. The van der Waals surface area contributed by atoms with Gasteiger partial charge in [0.05, 0.1) is 21.3 Å². The highest BCUT2D eigenvalue weighted by molar-refractivity contribution is 5.97. The van der Waals surface area contributed by atoms with Crippen molar-refractivity contribution in [1.29, 1.82) is 0 Å². The van der Waals surface area contributed by atoms with E-state index in [0.717, 1.165) is 47.9 Å². The Labute approximate surface area is 159 Å². The number of ether oxygens (including phenoxy) is 3. The molecule has 1 fully saturated rings. The van der Waals surface area contributed by atoms with Crippen LogP contribution in [0.1, 0.15) is 43.6 Å². The van der Waals surface area contributed by atoms with Crippen LogP contribution < -0.4 is 4.74 Å². The Hall–Kier alpha value is -2.50. The fraction of sp³-hybridized carbons (Fsp3) is 0.524. The molecule has 27 heavy (non-hydrogen) atoms. The Kier molecular flexibility index (Phi) is 6.04. The molecule has 2 aromatic rings. The van der Waals surface area contributed by atoms with E-state index in [-0.39, 0.29) is 11.8 Å². The normalized spacial score (nSPS) is 16.3. The van der Waals surface area contributed by atoms with Gasteiger partial charge in [-0.2, -0.15) is 0 Å². The SMILES string of the molecule is COC(=O)C(C(=O)OC)C(c1c[nH]c2ccc(OC)cc12)C1CCCCC1. The van der Waals surface area contributed by atoms with E-state index in [1.807, 2.05) is 24.4 Å². The van der Waals surface area contributed by atoms with Gasteiger partial charge in [-0.25, -0.2) is 0 Å². The monoisotopic (exact) mass is 373 g/mol. The molecule has 1 aromatic heterocycles. The number of benzene rings is 1. The van der Waals surface area contributed by atoms with Crippen LogP contribution in [0.5, 0.6) is 5.75 Å². The van der Waals surface area contributed by atoms with Crippen molar-refractivity contribution in [2.45, 2.75) is 38.0 Å². The first-order chi connectivity index (χ1) is 13.1. The van der Waals surface area contributed by atoms with Gasteiger partial charge < -0.3 is 19.2 Å². The van der Waals surface area contributed by atoms with Gasteiger partial charge in [-0.1, -0.05) is 19.3 Å². The van der Waals surface area contributed by atoms with E-state index in [4.69, 9.17) is 14.2 Å². The molecular formula is C21H27NO5. The highest BCUT2D eigenvalue weighted by Crippen LogP contribution is 2.44. The summed E-state index contributed by atoms with van der Waals surface area (Å²) in [5, 5.41) is 0.961. The molecule has 1 aliphatic rings. The molecule has 0 radical (unpaired) electrons. The molecule has 1 unspecified atom stereocenters. The Morgan fingerprint density at radius 1 is 1.04 bits per heavy atom. The first-order valence-corrected chi connectivity index (χ1v) is 9.41. The lowest BCUT2D eigenvalue weighted by Crippen LogP contribution is -2.36. The molecule has 1 atom stereocenters. The number of hydrogen-bond donors (Lipinski definition) is 1. The average molecular weight is 373 g/mol. The molecule has 0 bridgehead atoms. The van der Waals surface area contributed by atoms with Gasteiger partial charge in [-0.3, -0.25) is 9.59 Å². The minimum absolute atomic E-state index is 0.215. The van der Waals surface area contributed by atoms with Crippen molar-refractivity contribution in [2.24, 2.45) is 11.8 Å². The zero-order valence-electron chi connectivity index (χ0n) is 16.1. The maximum absolute atomic E-state index is 12.6. The van der Waals surface area contributed by atoms with Crippen LogP contribution in [-0.2, 0) is 19.1 Å². The quantitative estimate of drug-likeness (QED) is 0.615. The molecule has 146 valence electrons. The van der Waals surface area contributed by atoms with Crippen LogP contribution in [0.2, 0.25) is 0 Å². The molecule has 0 spiro atoms. The van der Waals surface area contributed by atoms with E-state index in [9.17, 15) is 9.59 Å². The number of H-pyrrole nitrogens is 1. The third-order valence-corrected chi connectivity index (χ3v) is 5.71. The summed E-state index contributed by atoms with van der Waals surface area (Å²) in [7, 11) is 4.25. The molecular weight excluding hydrogens is 346 g/mol. The van der Waals surface area contributed by atoms with Crippen molar-refractivity contribution in [3.63, 3.8) is 0 Å². The number of aromatic nitrogens is 1. The number of carbonyl (C=O) groups excluding carboxylic acids is 2. The van der Waals surface area contributed by atoms with E-state index in [1.54, 1.807) is 7.11 Å². The predicted octanol–water partition coefficient (Wildman–Crippen LogP) is 3.80. The van der Waals surface area contributed by atoms with Crippen LogP contribution in [0.4, 0.5) is 0 Å². The number of esters is 2. The summed E-state index contributed by atoms with van der Waals surface area (Å²) < 4.78 is 15.3. The van der Waals surface area contributed by atoms with Gasteiger partial charge >= 0.3 is 11.9 Å². The standard InChI is InChI=1S/C21H27NO5/c1-25-14-9-10-17-15(11-14)16(12-22-17)18(13-7-5-4-6-8-13)19(20(23)26-2)21(24)27-3/h9-13,18-19,22H,4-8H2,1-3H3. The summed E-state index contributed by atoms with van der Waals surface area (Å²) in [6.07, 6.45) is 7.25. The summed E-state index contributed by atoms with van der Waals surface area (Å²) in [4.78, 5) is 28.5. The molecule has 6 nitrogen and oxygen atoms in total. The maximum Gasteiger partial charge on any atom is 0.320 e. The number of aromatic amines is 1. The number of nitrogens with one attached hydrogen (secondary N) is 1. The largest absolute Gasteiger partial charge is 0.497 e. The van der Waals surface area contributed by atoms with Gasteiger partial charge in [-0.15, -0.1) is 0 Å². The van der Waals surface area contributed by atoms with Crippen LogP contribution in [0.25, 0.3) is 10.9 Å². The van der Waals surface area contributed by atoms with Gasteiger partial charge in [0, 0.05) is 23.0 Å². The van der Waals surface area contributed by atoms with Crippen molar-refractivity contribution >= 4 is 22.8 Å². The summed E-state index contributed by atoms with van der Waals surface area (Å²) in [5.74, 6) is -1.42. The molecule has 0 aliphatic heterocycles. The second-order valence-corrected chi connectivity index (χ2v) is 7.10. The van der Waals surface area contributed by atoms with Crippen LogP contribution >= 0.6 is 0 Å². The number of fused-ring (bicyclic) bond motifs is 1. The second kappa shape index (κ2) is 8.46. The average Bonchev–Trinajstić information content (AvgIpc) is 3.14. The van der Waals surface area contributed by atoms with Gasteiger partial charge in [0.1, 0.15) is 5.75 Å². The van der Waals surface area contributed by atoms with Gasteiger partial charge in [-0.05, 0) is 42.5 Å². The van der Waals surface area contributed by atoms with Crippen molar-refractivity contribution in [3.8, 4) is 5.75 Å². The van der Waals surface area contributed by atoms with Crippen molar-refractivity contribution < 1.29 is 23.8 Å². The summed E-state index contributed by atoms with van der Waals surface area (Å²) in [6.45, 7) is 0. The third kappa shape index (κ3) is 3.80. The fourth-order valence-electron chi connectivity index (χ4n) is 4.37. The number of carbonyl (C=O) groups is 2. The van der Waals surface area contributed by atoms with Gasteiger partial charge in [0.25, 0.3) is 0 Å². The molecule has 1 saturated carbocycles.